The summed E-state index contributed by atoms with van der Waals surface area (Å²) in [6, 6.07) is 2.61. The summed E-state index contributed by atoms with van der Waals surface area (Å²) >= 11 is 3.05. The summed E-state index contributed by atoms with van der Waals surface area (Å²) in [5.41, 5.74) is 0.00775. The van der Waals surface area contributed by atoms with Gasteiger partial charge in [-0.3, -0.25) is 4.79 Å². The number of rotatable bonds is 2. The summed E-state index contributed by atoms with van der Waals surface area (Å²) < 4.78 is 52.5. The monoisotopic (exact) mass is 367 g/mol. The van der Waals surface area contributed by atoms with Crippen LogP contribution < -0.4 is 5.32 Å². The fraction of sp³-hybridized carbons (Fsp3) is 0.500. The Morgan fingerprint density at radius 2 is 1.86 bits per heavy atom. The Morgan fingerprint density at radius 3 is 2.48 bits per heavy atom. The molecule has 1 aliphatic carbocycles. The Balaban J connectivity index is 2.13. The van der Waals surface area contributed by atoms with Crippen LogP contribution in [0.4, 0.5) is 17.6 Å². The highest BCUT2D eigenvalue weighted by molar-refractivity contribution is 9.10. The summed E-state index contributed by atoms with van der Waals surface area (Å²) in [4.78, 5) is 12.0. The van der Waals surface area contributed by atoms with Crippen LogP contribution in [-0.4, -0.2) is 18.1 Å². The number of hydrogen-bond acceptors (Lipinski definition) is 1. The average Bonchev–Trinajstić information content (AvgIpc) is 2.37. The molecule has 1 fully saturated rings. The summed E-state index contributed by atoms with van der Waals surface area (Å²) in [7, 11) is 0. The zero-order valence-electron chi connectivity index (χ0n) is 11.0. The molecule has 1 saturated carbocycles. The second-order valence-electron chi connectivity index (χ2n) is 5.17. The first-order chi connectivity index (χ1) is 9.77. The fourth-order valence-corrected chi connectivity index (χ4v) is 3.10. The number of hydrogen-bond donors (Lipinski definition) is 1. The molecule has 0 saturated heterocycles. The zero-order chi connectivity index (χ0) is 15.6. The van der Waals surface area contributed by atoms with Gasteiger partial charge in [0.15, 0.2) is 0 Å². The van der Waals surface area contributed by atoms with E-state index in [1.165, 1.54) is 12.1 Å². The van der Waals surface area contributed by atoms with Gasteiger partial charge in [-0.15, -0.1) is 0 Å². The van der Waals surface area contributed by atoms with Crippen LogP contribution in [0.2, 0.25) is 0 Å². The van der Waals surface area contributed by atoms with Crippen molar-refractivity contribution in [3.8, 4) is 0 Å². The van der Waals surface area contributed by atoms with E-state index >= 15 is 0 Å². The van der Waals surface area contributed by atoms with Crippen molar-refractivity contribution in [2.45, 2.75) is 37.9 Å². The molecule has 1 aliphatic rings. The number of benzene rings is 1. The van der Waals surface area contributed by atoms with Gasteiger partial charge in [-0.1, -0.05) is 28.8 Å². The van der Waals surface area contributed by atoms with Crippen molar-refractivity contribution in [3.63, 3.8) is 0 Å². The lowest BCUT2D eigenvalue weighted by Gasteiger charge is -2.33. The minimum absolute atomic E-state index is 0.00775. The molecule has 1 N–H and O–H groups in total. The number of carbonyl (C=O) groups is 1. The van der Waals surface area contributed by atoms with Crippen LogP contribution in [0.1, 0.15) is 36.0 Å². The second kappa shape index (κ2) is 6.34. The van der Waals surface area contributed by atoms with Crippen LogP contribution in [0.25, 0.3) is 0 Å². The van der Waals surface area contributed by atoms with E-state index in [0.717, 1.165) is 6.07 Å². The maximum atomic E-state index is 13.2. The molecular weight excluding hydrogens is 354 g/mol. The maximum absolute atomic E-state index is 13.2. The van der Waals surface area contributed by atoms with E-state index < -0.39 is 29.9 Å². The minimum atomic E-state index is -4.33. The molecule has 2 nitrogen and oxygen atoms in total. The van der Waals surface area contributed by atoms with Crippen molar-refractivity contribution in [1.29, 1.82) is 0 Å². The van der Waals surface area contributed by atoms with E-state index in [1.807, 2.05) is 0 Å². The predicted octanol–water partition coefficient (Wildman–Crippen LogP) is 4.44. The van der Waals surface area contributed by atoms with Gasteiger partial charge in [-0.25, -0.2) is 4.39 Å². The normalized spacial score (nSPS) is 22.9. The average molecular weight is 368 g/mol. The molecule has 2 atom stereocenters. The molecular formula is C14H14BrF4NO. The van der Waals surface area contributed by atoms with Gasteiger partial charge in [-0.05, 0) is 31.0 Å². The smallest absolute Gasteiger partial charge is 0.349 e. The molecule has 0 spiro atoms. The Hall–Kier alpha value is -1.11. The maximum Gasteiger partial charge on any atom is 0.393 e. The third kappa shape index (κ3) is 4.18. The molecule has 2 unspecified atom stereocenters. The van der Waals surface area contributed by atoms with Crippen LogP contribution in [0, 0.1) is 11.7 Å². The molecule has 0 radical (unpaired) electrons. The lowest BCUT2D eigenvalue weighted by atomic mass is 9.84. The second-order valence-corrected chi connectivity index (χ2v) is 6.09. The molecule has 0 heterocycles. The first-order valence-corrected chi connectivity index (χ1v) is 7.40. The van der Waals surface area contributed by atoms with E-state index in [0.29, 0.717) is 17.3 Å². The number of amides is 1. The standard InChI is InChI=1S/C14H14BrF4NO/c15-9-5-8(6-10(16)7-9)13(21)20-12-4-2-1-3-11(12)14(17,18)19/h5-7,11-12H,1-4H2,(H,20,21). The summed E-state index contributed by atoms with van der Waals surface area (Å²) in [6.45, 7) is 0. The molecule has 116 valence electrons. The Morgan fingerprint density at radius 1 is 1.19 bits per heavy atom. The summed E-state index contributed by atoms with van der Waals surface area (Å²) in [5.74, 6) is -2.84. The lowest BCUT2D eigenvalue weighted by molar-refractivity contribution is -0.187. The molecule has 1 amide bonds. The lowest BCUT2D eigenvalue weighted by Crippen LogP contribution is -2.47. The van der Waals surface area contributed by atoms with Crippen molar-refractivity contribution in [2.75, 3.05) is 0 Å². The molecule has 0 aliphatic heterocycles. The van der Waals surface area contributed by atoms with Crippen molar-refractivity contribution in [2.24, 2.45) is 5.92 Å². The van der Waals surface area contributed by atoms with Crippen LogP contribution in [0.3, 0.4) is 0 Å². The first-order valence-electron chi connectivity index (χ1n) is 6.61. The van der Waals surface area contributed by atoms with Gasteiger partial charge in [0, 0.05) is 16.1 Å². The molecule has 0 aromatic heterocycles. The van der Waals surface area contributed by atoms with Gasteiger partial charge in [0.1, 0.15) is 5.82 Å². The van der Waals surface area contributed by atoms with Crippen molar-refractivity contribution in [3.05, 3.63) is 34.1 Å². The topological polar surface area (TPSA) is 29.1 Å². The Labute approximate surface area is 128 Å². The largest absolute Gasteiger partial charge is 0.393 e. The highest BCUT2D eigenvalue weighted by Gasteiger charge is 2.46. The summed E-state index contributed by atoms with van der Waals surface area (Å²) in [5, 5.41) is 2.40. The van der Waals surface area contributed by atoms with Gasteiger partial charge in [0.25, 0.3) is 5.91 Å². The van der Waals surface area contributed by atoms with Crippen molar-refractivity contribution in [1.82, 2.24) is 5.32 Å². The van der Waals surface area contributed by atoms with E-state index in [4.69, 9.17) is 0 Å². The summed E-state index contributed by atoms with van der Waals surface area (Å²) in [6.07, 6.45) is -2.89. The molecule has 0 bridgehead atoms. The van der Waals surface area contributed by atoms with Gasteiger partial charge in [-0.2, -0.15) is 13.2 Å². The fourth-order valence-electron chi connectivity index (χ4n) is 2.63. The predicted molar refractivity (Wildman–Crippen MR) is 73.4 cm³/mol. The van der Waals surface area contributed by atoms with Crippen LogP contribution in [-0.2, 0) is 0 Å². The number of nitrogens with one attached hydrogen (secondary N) is 1. The van der Waals surface area contributed by atoms with Gasteiger partial charge in [0.05, 0.1) is 5.92 Å². The quantitative estimate of drug-likeness (QED) is 0.769. The van der Waals surface area contributed by atoms with E-state index in [2.05, 4.69) is 21.2 Å². The Bertz CT molecular complexity index is 512. The van der Waals surface area contributed by atoms with E-state index in [9.17, 15) is 22.4 Å². The molecule has 2 rings (SSSR count). The van der Waals surface area contributed by atoms with E-state index in [1.54, 1.807) is 0 Å². The minimum Gasteiger partial charge on any atom is -0.349 e. The highest BCUT2D eigenvalue weighted by atomic mass is 79.9. The molecule has 7 heteroatoms. The third-order valence-electron chi connectivity index (χ3n) is 3.63. The Kier molecular flexibility index (Phi) is 4.91. The molecule has 1 aromatic rings. The number of alkyl halides is 3. The van der Waals surface area contributed by atoms with Crippen LogP contribution in [0.15, 0.2) is 22.7 Å². The number of halogens is 5. The third-order valence-corrected chi connectivity index (χ3v) is 4.09. The SMILES string of the molecule is O=C(NC1CCCCC1C(F)(F)F)c1cc(F)cc(Br)c1. The van der Waals surface area contributed by atoms with Gasteiger partial charge < -0.3 is 5.32 Å². The molecule has 21 heavy (non-hydrogen) atoms. The number of carbonyl (C=O) groups excluding carboxylic acids is 1. The van der Waals surface area contributed by atoms with Crippen molar-refractivity contribution >= 4 is 21.8 Å². The van der Waals surface area contributed by atoms with Crippen LogP contribution >= 0.6 is 15.9 Å². The van der Waals surface area contributed by atoms with Gasteiger partial charge in [0.2, 0.25) is 0 Å². The van der Waals surface area contributed by atoms with Gasteiger partial charge >= 0.3 is 6.18 Å². The van der Waals surface area contributed by atoms with Crippen LogP contribution in [0.5, 0.6) is 0 Å². The highest BCUT2D eigenvalue weighted by Crippen LogP contribution is 2.37. The van der Waals surface area contributed by atoms with E-state index in [-0.39, 0.29) is 18.4 Å². The first kappa shape index (κ1) is 16.3. The van der Waals surface area contributed by atoms with Crippen molar-refractivity contribution < 1.29 is 22.4 Å². The zero-order valence-corrected chi connectivity index (χ0v) is 12.6. The molecule has 1 aromatic carbocycles.